The van der Waals surface area contributed by atoms with Crippen molar-refractivity contribution >= 4 is 22.8 Å². The Balaban J connectivity index is 1.49. The van der Waals surface area contributed by atoms with Gasteiger partial charge in [0.05, 0.1) is 23.9 Å². The van der Waals surface area contributed by atoms with Crippen LogP contribution in [0.3, 0.4) is 0 Å². The molecule has 130 valence electrons. The Morgan fingerprint density at radius 2 is 1.88 bits per heavy atom. The number of nitrogens with zero attached hydrogens (tertiary/aromatic N) is 1. The fourth-order valence-electron chi connectivity index (χ4n) is 2.97. The van der Waals surface area contributed by atoms with Crippen LogP contribution >= 0.6 is 0 Å². The maximum atomic E-state index is 12.2. The molecule has 0 fully saturated rings. The van der Waals surface area contributed by atoms with Gasteiger partial charge >= 0.3 is 5.97 Å². The molecule has 25 heavy (non-hydrogen) atoms. The summed E-state index contributed by atoms with van der Waals surface area (Å²) >= 11 is 0. The van der Waals surface area contributed by atoms with Gasteiger partial charge in [0.1, 0.15) is 6.61 Å². The zero-order chi connectivity index (χ0) is 17.6. The predicted molar refractivity (Wildman–Crippen MR) is 93.2 cm³/mol. The van der Waals surface area contributed by atoms with Gasteiger partial charge in [-0.05, 0) is 25.0 Å². The number of hydrogen-bond donors (Lipinski definition) is 2. The van der Waals surface area contributed by atoms with Crippen LogP contribution in [0, 0.1) is 11.8 Å². The maximum absolute atomic E-state index is 12.2. The number of hydrogen-bond acceptors (Lipinski definition) is 4. The van der Waals surface area contributed by atoms with Gasteiger partial charge in [0, 0.05) is 11.5 Å². The maximum Gasteiger partial charge on any atom is 0.307 e. The first-order chi connectivity index (χ1) is 12.1. The first-order valence-corrected chi connectivity index (χ1v) is 8.29. The lowest BCUT2D eigenvalue weighted by Crippen LogP contribution is -2.40. The van der Waals surface area contributed by atoms with Crippen LogP contribution in [-0.2, 0) is 9.59 Å². The van der Waals surface area contributed by atoms with Crippen LogP contribution in [0.5, 0.6) is 5.88 Å². The molecule has 1 aromatic heterocycles. The molecular weight excluding hydrogens is 320 g/mol. The van der Waals surface area contributed by atoms with Crippen LogP contribution in [0.2, 0.25) is 0 Å². The Morgan fingerprint density at radius 3 is 2.68 bits per heavy atom. The minimum absolute atomic E-state index is 0.244. The highest BCUT2D eigenvalue weighted by molar-refractivity contribution is 5.85. The fraction of sp³-hybridized carbons (Fsp3) is 0.316. The van der Waals surface area contributed by atoms with Gasteiger partial charge in [-0.1, -0.05) is 30.4 Å². The zero-order valence-electron chi connectivity index (χ0n) is 13.7. The zero-order valence-corrected chi connectivity index (χ0v) is 13.7. The Hall–Kier alpha value is -2.89. The van der Waals surface area contributed by atoms with E-state index in [-0.39, 0.29) is 12.5 Å². The number of allylic oxidation sites excluding steroid dienone is 2. The van der Waals surface area contributed by atoms with Crippen molar-refractivity contribution in [1.29, 1.82) is 0 Å². The van der Waals surface area contributed by atoms with Gasteiger partial charge in [-0.25, -0.2) is 4.98 Å². The Morgan fingerprint density at radius 1 is 1.12 bits per heavy atom. The number of para-hydroxylation sites is 1. The lowest BCUT2D eigenvalue weighted by molar-refractivity contribution is -0.147. The van der Waals surface area contributed by atoms with Crippen molar-refractivity contribution in [2.75, 3.05) is 13.2 Å². The molecule has 1 aromatic carbocycles. The van der Waals surface area contributed by atoms with E-state index in [4.69, 9.17) is 4.74 Å². The normalized spacial score (nSPS) is 19.5. The summed E-state index contributed by atoms with van der Waals surface area (Å²) in [5.41, 5.74) is 0.849. The molecule has 0 saturated carbocycles. The van der Waals surface area contributed by atoms with Gasteiger partial charge in [0.25, 0.3) is 0 Å². The number of carbonyl (C=O) groups is 2. The number of nitrogens with one attached hydrogen (secondary N) is 1. The summed E-state index contributed by atoms with van der Waals surface area (Å²) in [6, 6.07) is 11.5. The number of pyridine rings is 1. The molecular formula is C19H20N2O4. The molecule has 2 atom stereocenters. The van der Waals surface area contributed by atoms with E-state index in [1.807, 2.05) is 42.5 Å². The van der Waals surface area contributed by atoms with E-state index >= 15 is 0 Å². The number of carbonyl (C=O) groups excluding carboxylic acids is 1. The van der Waals surface area contributed by atoms with Gasteiger partial charge < -0.3 is 15.2 Å². The van der Waals surface area contributed by atoms with Crippen LogP contribution in [0.1, 0.15) is 12.8 Å². The number of carboxylic acid groups (broad SMARTS) is 1. The van der Waals surface area contributed by atoms with Gasteiger partial charge in [-0.3, -0.25) is 9.59 Å². The van der Waals surface area contributed by atoms with E-state index in [9.17, 15) is 14.7 Å². The highest BCUT2D eigenvalue weighted by Gasteiger charge is 2.33. The highest BCUT2D eigenvalue weighted by Crippen LogP contribution is 2.26. The number of rotatable bonds is 6. The predicted octanol–water partition coefficient (Wildman–Crippen LogP) is 2.40. The van der Waals surface area contributed by atoms with E-state index in [0.29, 0.717) is 25.3 Å². The minimum Gasteiger partial charge on any atom is -0.481 e. The van der Waals surface area contributed by atoms with Crippen molar-refractivity contribution in [2.24, 2.45) is 11.8 Å². The molecule has 3 rings (SSSR count). The van der Waals surface area contributed by atoms with Crippen LogP contribution in [0.4, 0.5) is 0 Å². The van der Waals surface area contributed by atoms with E-state index in [2.05, 4.69) is 10.3 Å². The number of ether oxygens (including phenoxy) is 1. The molecule has 6 heteroatoms. The van der Waals surface area contributed by atoms with Crippen LogP contribution in [-0.4, -0.2) is 35.1 Å². The van der Waals surface area contributed by atoms with Crippen molar-refractivity contribution in [3.63, 3.8) is 0 Å². The van der Waals surface area contributed by atoms with Crippen molar-refractivity contribution in [1.82, 2.24) is 10.3 Å². The first-order valence-electron chi connectivity index (χ1n) is 8.29. The second kappa shape index (κ2) is 7.79. The number of benzene rings is 1. The molecule has 1 aliphatic carbocycles. The first kappa shape index (κ1) is 17.0. The van der Waals surface area contributed by atoms with E-state index < -0.39 is 17.8 Å². The molecule has 0 spiro atoms. The standard InChI is InChI=1S/C19H20N2O4/c22-18(14-6-2-3-7-15(14)19(23)24)20-11-12-25-17-10-9-13-5-1-4-8-16(13)21-17/h1-5,8-10,14-15H,6-7,11-12H2,(H,20,22)(H,23,24)/t14-,15-/m0/s1. The van der Waals surface area contributed by atoms with Crippen molar-refractivity contribution in [3.05, 3.63) is 48.6 Å². The van der Waals surface area contributed by atoms with Gasteiger partial charge in [-0.2, -0.15) is 0 Å². The van der Waals surface area contributed by atoms with Crippen molar-refractivity contribution in [3.8, 4) is 5.88 Å². The Bertz CT molecular complexity index is 803. The third-order valence-electron chi connectivity index (χ3n) is 4.31. The fourth-order valence-corrected chi connectivity index (χ4v) is 2.97. The summed E-state index contributed by atoms with van der Waals surface area (Å²) in [5, 5.41) is 13.0. The van der Waals surface area contributed by atoms with Crippen LogP contribution in [0.15, 0.2) is 48.6 Å². The van der Waals surface area contributed by atoms with Crippen molar-refractivity contribution < 1.29 is 19.4 Å². The Kier molecular flexibility index (Phi) is 5.28. The van der Waals surface area contributed by atoms with Gasteiger partial charge in [-0.15, -0.1) is 0 Å². The molecule has 1 amide bonds. The molecule has 1 heterocycles. The number of amides is 1. The third-order valence-corrected chi connectivity index (χ3v) is 4.31. The lowest BCUT2D eigenvalue weighted by atomic mass is 9.82. The summed E-state index contributed by atoms with van der Waals surface area (Å²) in [6.45, 7) is 0.581. The van der Waals surface area contributed by atoms with E-state index in [1.54, 1.807) is 6.07 Å². The average molecular weight is 340 g/mol. The summed E-state index contributed by atoms with van der Waals surface area (Å²) < 4.78 is 5.57. The van der Waals surface area contributed by atoms with Gasteiger partial charge in [0.15, 0.2) is 0 Å². The highest BCUT2D eigenvalue weighted by atomic mass is 16.5. The third kappa shape index (κ3) is 4.15. The Labute approximate surface area is 145 Å². The molecule has 6 nitrogen and oxygen atoms in total. The number of fused-ring (bicyclic) bond motifs is 1. The minimum atomic E-state index is -0.930. The summed E-state index contributed by atoms with van der Waals surface area (Å²) in [5.74, 6) is -1.86. The van der Waals surface area contributed by atoms with Crippen molar-refractivity contribution in [2.45, 2.75) is 12.8 Å². The second-order valence-corrected chi connectivity index (χ2v) is 5.98. The van der Waals surface area contributed by atoms with Crippen LogP contribution < -0.4 is 10.1 Å². The number of carboxylic acids is 1. The van der Waals surface area contributed by atoms with E-state index in [0.717, 1.165) is 10.9 Å². The van der Waals surface area contributed by atoms with E-state index in [1.165, 1.54) is 0 Å². The van der Waals surface area contributed by atoms with Gasteiger partial charge in [0.2, 0.25) is 11.8 Å². The molecule has 0 aliphatic heterocycles. The topological polar surface area (TPSA) is 88.5 Å². The SMILES string of the molecule is O=C(O)[C@H]1CC=CC[C@@H]1C(=O)NCCOc1ccc2ccccc2n1. The molecule has 1 aliphatic rings. The number of aromatic nitrogens is 1. The molecule has 2 N–H and O–H groups in total. The quantitative estimate of drug-likeness (QED) is 0.623. The number of aliphatic carboxylic acids is 1. The molecule has 0 bridgehead atoms. The van der Waals surface area contributed by atoms with Crippen LogP contribution in [0.25, 0.3) is 10.9 Å². The molecule has 0 radical (unpaired) electrons. The molecule has 0 unspecified atom stereocenters. The lowest BCUT2D eigenvalue weighted by Gasteiger charge is -2.24. The largest absolute Gasteiger partial charge is 0.481 e. The summed E-state index contributed by atoms with van der Waals surface area (Å²) in [4.78, 5) is 27.9. The average Bonchev–Trinajstić information content (AvgIpc) is 2.65. The molecule has 0 saturated heterocycles. The smallest absolute Gasteiger partial charge is 0.307 e. The summed E-state index contributed by atoms with van der Waals surface area (Å²) in [6.07, 6.45) is 4.52. The monoisotopic (exact) mass is 340 g/mol. The molecule has 2 aromatic rings. The second-order valence-electron chi connectivity index (χ2n) is 5.98. The summed E-state index contributed by atoms with van der Waals surface area (Å²) in [7, 11) is 0.